The van der Waals surface area contributed by atoms with Crippen LogP contribution in [0.25, 0.3) is 10.9 Å². The van der Waals surface area contributed by atoms with Gasteiger partial charge in [-0.1, -0.05) is 17.3 Å². The Labute approximate surface area is 111 Å². The summed E-state index contributed by atoms with van der Waals surface area (Å²) in [5, 5.41) is 12.2. The maximum absolute atomic E-state index is 12.2. The van der Waals surface area contributed by atoms with E-state index in [4.69, 9.17) is 0 Å². The van der Waals surface area contributed by atoms with Crippen molar-refractivity contribution in [2.24, 2.45) is 5.92 Å². The molecule has 1 N–H and O–H groups in total. The number of nitrogens with zero attached hydrogens (tertiary/aromatic N) is 3. The normalized spacial score (nSPS) is 19.7. The van der Waals surface area contributed by atoms with Crippen molar-refractivity contribution < 1.29 is 0 Å². The zero-order chi connectivity index (χ0) is 13.1. The second kappa shape index (κ2) is 5.48. The Bertz CT molecular complexity index is 616. The lowest BCUT2D eigenvalue weighted by Crippen LogP contribution is -2.32. The molecule has 1 atom stereocenters. The zero-order valence-corrected chi connectivity index (χ0v) is 10.9. The van der Waals surface area contributed by atoms with Crippen molar-refractivity contribution in [2.45, 2.75) is 25.8 Å². The van der Waals surface area contributed by atoms with E-state index in [0.717, 1.165) is 19.5 Å². The molecule has 0 bridgehead atoms. The molecule has 0 amide bonds. The maximum atomic E-state index is 12.2. The predicted octanol–water partition coefficient (Wildman–Crippen LogP) is 1.18. The fourth-order valence-corrected chi connectivity index (χ4v) is 2.65. The quantitative estimate of drug-likeness (QED) is 0.898. The molecule has 0 aliphatic carbocycles. The molecule has 1 saturated heterocycles. The third-order valence-corrected chi connectivity index (χ3v) is 3.78. The summed E-state index contributed by atoms with van der Waals surface area (Å²) in [5.41, 5.74) is 0.637. The van der Waals surface area contributed by atoms with Crippen molar-refractivity contribution in [3.63, 3.8) is 0 Å². The molecule has 5 heteroatoms. The third-order valence-electron chi connectivity index (χ3n) is 3.78. The van der Waals surface area contributed by atoms with Gasteiger partial charge in [0.2, 0.25) is 0 Å². The van der Waals surface area contributed by atoms with E-state index in [1.807, 2.05) is 24.3 Å². The van der Waals surface area contributed by atoms with Crippen LogP contribution in [-0.4, -0.2) is 28.1 Å². The second-order valence-corrected chi connectivity index (χ2v) is 5.14. The monoisotopic (exact) mass is 258 g/mol. The van der Waals surface area contributed by atoms with Crippen LogP contribution in [0.5, 0.6) is 0 Å². The van der Waals surface area contributed by atoms with Crippen LogP contribution in [0.2, 0.25) is 0 Å². The Hall–Kier alpha value is -1.75. The smallest absolute Gasteiger partial charge is 0.277 e. The Morgan fingerprint density at radius 2 is 2.26 bits per heavy atom. The number of fused-ring (bicyclic) bond motifs is 1. The molecule has 19 heavy (non-hydrogen) atoms. The van der Waals surface area contributed by atoms with Gasteiger partial charge in [0.25, 0.3) is 5.56 Å². The molecule has 1 aromatic heterocycles. The highest BCUT2D eigenvalue weighted by Gasteiger charge is 2.13. The molecule has 1 aliphatic heterocycles. The van der Waals surface area contributed by atoms with E-state index < -0.39 is 0 Å². The molecule has 1 unspecified atom stereocenters. The minimum absolute atomic E-state index is 0.0330. The minimum Gasteiger partial charge on any atom is -0.316 e. The SMILES string of the molecule is O=c1c2ccccc2nnn1CCC1CCCNC1. The van der Waals surface area contributed by atoms with E-state index in [0.29, 0.717) is 23.4 Å². The molecule has 3 rings (SSSR count). The average Bonchev–Trinajstić information content (AvgIpc) is 2.48. The Morgan fingerprint density at radius 3 is 3.11 bits per heavy atom. The molecule has 100 valence electrons. The van der Waals surface area contributed by atoms with Gasteiger partial charge in [-0.2, -0.15) is 0 Å². The van der Waals surface area contributed by atoms with E-state index in [2.05, 4.69) is 15.6 Å². The first kappa shape index (κ1) is 12.3. The fourth-order valence-electron chi connectivity index (χ4n) is 2.65. The minimum atomic E-state index is -0.0330. The topological polar surface area (TPSA) is 59.8 Å². The Balaban J connectivity index is 1.77. The van der Waals surface area contributed by atoms with Crippen molar-refractivity contribution >= 4 is 10.9 Å². The van der Waals surface area contributed by atoms with Gasteiger partial charge in [0.1, 0.15) is 5.52 Å². The summed E-state index contributed by atoms with van der Waals surface area (Å²) < 4.78 is 1.50. The van der Waals surface area contributed by atoms with Gasteiger partial charge >= 0.3 is 0 Å². The van der Waals surface area contributed by atoms with Gasteiger partial charge in [0.05, 0.1) is 5.39 Å². The molecule has 1 aliphatic rings. The van der Waals surface area contributed by atoms with Crippen LogP contribution in [0.3, 0.4) is 0 Å². The standard InChI is InChI=1S/C14H18N4O/c19-14-12-5-1-2-6-13(12)16-17-18(14)9-7-11-4-3-8-15-10-11/h1-2,5-6,11,15H,3-4,7-10H2. The van der Waals surface area contributed by atoms with E-state index in [9.17, 15) is 4.79 Å². The number of nitrogens with one attached hydrogen (secondary N) is 1. The predicted molar refractivity (Wildman–Crippen MR) is 74.0 cm³/mol. The lowest BCUT2D eigenvalue weighted by atomic mass is 9.96. The van der Waals surface area contributed by atoms with Crippen molar-refractivity contribution in [3.05, 3.63) is 34.6 Å². The molecule has 1 aromatic carbocycles. The van der Waals surface area contributed by atoms with Gasteiger partial charge < -0.3 is 5.32 Å². The van der Waals surface area contributed by atoms with Gasteiger partial charge in [0.15, 0.2) is 0 Å². The number of hydrogen-bond donors (Lipinski definition) is 1. The molecule has 0 saturated carbocycles. The van der Waals surface area contributed by atoms with E-state index >= 15 is 0 Å². The highest BCUT2D eigenvalue weighted by Crippen LogP contribution is 2.14. The van der Waals surface area contributed by atoms with E-state index in [1.54, 1.807) is 0 Å². The number of aryl methyl sites for hydroxylation is 1. The van der Waals surface area contributed by atoms with E-state index in [1.165, 1.54) is 17.5 Å². The number of rotatable bonds is 3. The summed E-state index contributed by atoms with van der Waals surface area (Å²) in [6.45, 7) is 2.82. The first-order chi connectivity index (χ1) is 9.34. The molecular formula is C14H18N4O. The second-order valence-electron chi connectivity index (χ2n) is 5.14. The van der Waals surface area contributed by atoms with Gasteiger partial charge in [-0.3, -0.25) is 4.79 Å². The Morgan fingerprint density at radius 1 is 1.37 bits per heavy atom. The van der Waals surface area contributed by atoms with Gasteiger partial charge in [-0.05, 0) is 50.4 Å². The van der Waals surface area contributed by atoms with Crippen molar-refractivity contribution in [1.29, 1.82) is 0 Å². The highest BCUT2D eigenvalue weighted by molar-refractivity contribution is 5.76. The van der Waals surface area contributed by atoms with Crippen LogP contribution < -0.4 is 10.9 Å². The summed E-state index contributed by atoms with van der Waals surface area (Å²) in [6, 6.07) is 7.36. The number of hydrogen-bond acceptors (Lipinski definition) is 4. The molecule has 1 fully saturated rings. The number of benzene rings is 1. The lowest BCUT2D eigenvalue weighted by Gasteiger charge is -2.22. The summed E-state index contributed by atoms with van der Waals surface area (Å²) >= 11 is 0. The van der Waals surface area contributed by atoms with Crippen molar-refractivity contribution in [3.8, 4) is 0 Å². The van der Waals surface area contributed by atoms with Crippen LogP contribution >= 0.6 is 0 Å². The number of aromatic nitrogens is 3. The zero-order valence-electron chi connectivity index (χ0n) is 10.9. The highest BCUT2D eigenvalue weighted by atomic mass is 16.1. The lowest BCUT2D eigenvalue weighted by molar-refractivity contribution is 0.330. The average molecular weight is 258 g/mol. The number of piperidine rings is 1. The summed E-state index contributed by atoms with van der Waals surface area (Å²) in [6.07, 6.45) is 3.45. The maximum Gasteiger partial charge on any atom is 0.277 e. The molecular weight excluding hydrogens is 240 g/mol. The van der Waals surface area contributed by atoms with Gasteiger partial charge in [-0.25, -0.2) is 4.68 Å². The van der Waals surface area contributed by atoms with Gasteiger partial charge in [0, 0.05) is 6.54 Å². The molecule has 2 aromatic rings. The molecule has 5 nitrogen and oxygen atoms in total. The largest absolute Gasteiger partial charge is 0.316 e. The summed E-state index contributed by atoms with van der Waals surface area (Å²) in [5.74, 6) is 0.647. The van der Waals surface area contributed by atoms with Crippen LogP contribution in [0.1, 0.15) is 19.3 Å². The molecule has 0 spiro atoms. The first-order valence-electron chi connectivity index (χ1n) is 6.88. The summed E-state index contributed by atoms with van der Waals surface area (Å²) in [7, 11) is 0. The van der Waals surface area contributed by atoms with Crippen molar-refractivity contribution in [1.82, 2.24) is 20.3 Å². The van der Waals surface area contributed by atoms with Crippen LogP contribution in [0.4, 0.5) is 0 Å². The summed E-state index contributed by atoms with van der Waals surface area (Å²) in [4.78, 5) is 12.2. The van der Waals surface area contributed by atoms with Crippen molar-refractivity contribution in [2.75, 3.05) is 13.1 Å². The van der Waals surface area contributed by atoms with Crippen LogP contribution in [-0.2, 0) is 6.54 Å². The van der Waals surface area contributed by atoms with Gasteiger partial charge in [-0.15, -0.1) is 5.10 Å². The van der Waals surface area contributed by atoms with Crippen LogP contribution in [0.15, 0.2) is 29.1 Å². The molecule has 2 heterocycles. The van der Waals surface area contributed by atoms with E-state index in [-0.39, 0.29) is 5.56 Å². The Kier molecular flexibility index (Phi) is 3.55. The third kappa shape index (κ3) is 2.66. The molecule has 0 radical (unpaired) electrons. The first-order valence-corrected chi connectivity index (χ1v) is 6.88. The fraction of sp³-hybridized carbons (Fsp3) is 0.500. The van der Waals surface area contributed by atoms with Crippen LogP contribution in [0, 0.1) is 5.92 Å².